The molecule has 0 amide bonds. The Labute approximate surface area is 178 Å². The summed E-state index contributed by atoms with van der Waals surface area (Å²) in [4.78, 5) is 0. The number of hydrogen-bond acceptors (Lipinski definition) is 5. The highest BCUT2D eigenvalue weighted by Crippen LogP contribution is 2.31. The Morgan fingerprint density at radius 2 is 1.24 bits per heavy atom. The molecule has 1 rings (SSSR count). The maximum atomic E-state index is 10.2. The van der Waals surface area contributed by atoms with Crippen molar-refractivity contribution >= 4 is 11.4 Å². The van der Waals surface area contributed by atoms with E-state index in [4.69, 9.17) is 9.47 Å². The van der Waals surface area contributed by atoms with Gasteiger partial charge in [-0.1, -0.05) is 32.8 Å². The van der Waals surface area contributed by atoms with E-state index in [1.165, 1.54) is 12.8 Å². The van der Waals surface area contributed by atoms with E-state index in [9.17, 15) is 5.11 Å². The van der Waals surface area contributed by atoms with Crippen molar-refractivity contribution < 1.29 is 14.6 Å². The van der Waals surface area contributed by atoms with E-state index in [2.05, 4.69) is 24.5 Å². The van der Waals surface area contributed by atoms with Crippen molar-refractivity contribution in [3.8, 4) is 5.75 Å². The number of rotatable bonds is 20. The number of phenols is 1. The largest absolute Gasteiger partial charge is 0.506 e. The molecule has 0 heterocycles. The van der Waals surface area contributed by atoms with Crippen LogP contribution < -0.4 is 10.6 Å². The minimum atomic E-state index is 0.308. The van der Waals surface area contributed by atoms with Gasteiger partial charge in [-0.15, -0.1) is 0 Å². The van der Waals surface area contributed by atoms with Gasteiger partial charge in [0.1, 0.15) is 11.4 Å². The molecule has 0 atom stereocenters. The van der Waals surface area contributed by atoms with Crippen LogP contribution in [-0.2, 0) is 9.47 Å². The van der Waals surface area contributed by atoms with Crippen LogP contribution >= 0.6 is 0 Å². The number of para-hydroxylation sites is 1. The van der Waals surface area contributed by atoms with Crippen molar-refractivity contribution in [1.82, 2.24) is 0 Å². The second kappa shape index (κ2) is 18.6. The third-order valence-corrected chi connectivity index (χ3v) is 4.88. The fourth-order valence-corrected chi connectivity index (χ4v) is 3.02. The first kappa shape index (κ1) is 25.6. The van der Waals surface area contributed by atoms with Crippen LogP contribution in [0.25, 0.3) is 0 Å². The van der Waals surface area contributed by atoms with Gasteiger partial charge >= 0.3 is 0 Å². The summed E-state index contributed by atoms with van der Waals surface area (Å²) in [5.74, 6) is 0.308. The Kier molecular flexibility index (Phi) is 16.4. The number of benzene rings is 1. The smallest absolute Gasteiger partial charge is 0.140 e. The maximum Gasteiger partial charge on any atom is 0.140 e. The zero-order chi connectivity index (χ0) is 21.0. The average Bonchev–Trinajstić information content (AvgIpc) is 2.72. The number of nitrogens with one attached hydrogen (secondary N) is 2. The summed E-state index contributed by atoms with van der Waals surface area (Å²) in [5, 5.41) is 17.1. The fraction of sp³-hybridized carbons (Fsp3) is 0.750. The topological polar surface area (TPSA) is 62.8 Å². The highest BCUT2D eigenvalue weighted by molar-refractivity contribution is 5.75. The van der Waals surface area contributed by atoms with Gasteiger partial charge in [-0.25, -0.2) is 0 Å². The summed E-state index contributed by atoms with van der Waals surface area (Å²) >= 11 is 0. The standard InChI is InChI=1S/C24H44N2O3/c1-3-5-18-28-20-11-7-9-16-25-22-14-13-15-23(27)24(22)26-17-10-8-12-21-29-19-6-4-2/h13-15,25-27H,3-12,16-21H2,1-2H3. The number of unbranched alkanes of at least 4 members (excludes halogenated alkanes) is 6. The lowest BCUT2D eigenvalue weighted by molar-refractivity contribution is 0.127. The molecule has 0 radical (unpaired) electrons. The van der Waals surface area contributed by atoms with E-state index in [1.54, 1.807) is 6.07 Å². The molecule has 3 N–H and O–H groups in total. The van der Waals surface area contributed by atoms with E-state index < -0.39 is 0 Å². The maximum absolute atomic E-state index is 10.2. The molecule has 0 aliphatic carbocycles. The van der Waals surface area contributed by atoms with Gasteiger partial charge in [-0.2, -0.15) is 0 Å². The van der Waals surface area contributed by atoms with Crippen molar-refractivity contribution in [2.45, 2.75) is 78.1 Å². The van der Waals surface area contributed by atoms with Crippen LogP contribution in [0.1, 0.15) is 78.1 Å². The van der Waals surface area contributed by atoms with E-state index in [-0.39, 0.29) is 0 Å². The summed E-state index contributed by atoms with van der Waals surface area (Å²) in [6.07, 6.45) is 11.4. The zero-order valence-corrected chi connectivity index (χ0v) is 18.8. The van der Waals surface area contributed by atoms with Crippen LogP contribution in [-0.4, -0.2) is 44.6 Å². The summed E-state index contributed by atoms with van der Waals surface area (Å²) < 4.78 is 11.2. The molecule has 0 bridgehead atoms. The highest BCUT2D eigenvalue weighted by Gasteiger charge is 2.06. The predicted molar refractivity (Wildman–Crippen MR) is 124 cm³/mol. The summed E-state index contributed by atoms with van der Waals surface area (Å²) in [5.41, 5.74) is 1.79. The highest BCUT2D eigenvalue weighted by atomic mass is 16.5. The lowest BCUT2D eigenvalue weighted by Crippen LogP contribution is -2.08. The molecule has 0 fully saturated rings. The quantitative estimate of drug-likeness (QED) is 0.177. The lowest BCUT2D eigenvalue weighted by Gasteiger charge is -2.15. The van der Waals surface area contributed by atoms with Crippen molar-refractivity contribution in [1.29, 1.82) is 0 Å². The van der Waals surface area contributed by atoms with Crippen LogP contribution in [0.2, 0.25) is 0 Å². The summed E-state index contributed by atoms with van der Waals surface area (Å²) in [6.45, 7) is 9.62. The van der Waals surface area contributed by atoms with Gasteiger partial charge in [-0.05, 0) is 63.5 Å². The molecule has 0 aliphatic heterocycles. The number of anilines is 2. The molecule has 0 saturated heterocycles. The normalized spacial score (nSPS) is 11.0. The van der Waals surface area contributed by atoms with Crippen molar-refractivity contribution in [2.75, 3.05) is 50.2 Å². The Balaban J connectivity index is 2.16. The second-order valence-corrected chi connectivity index (χ2v) is 7.61. The van der Waals surface area contributed by atoms with Gasteiger partial charge < -0.3 is 25.2 Å². The van der Waals surface area contributed by atoms with Crippen molar-refractivity contribution in [3.63, 3.8) is 0 Å². The molecule has 29 heavy (non-hydrogen) atoms. The number of phenolic OH excluding ortho intramolecular Hbond substituents is 1. The van der Waals surface area contributed by atoms with Crippen LogP contribution in [0, 0.1) is 0 Å². The summed E-state index contributed by atoms with van der Waals surface area (Å²) in [6, 6.07) is 5.65. The first-order valence-corrected chi connectivity index (χ1v) is 11.7. The molecule has 0 aromatic heterocycles. The molecular weight excluding hydrogens is 364 g/mol. The van der Waals surface area contributed by atoms with Gasteiger partial charge in [0.25, 0.3) is 0 Å². The predicted octanol–water partition coefficient (Wildman–Crippen LogP) is 6.19. The average molecular weight is 409 g/mol. The second-order valence-electron chi connectivity index (χ2n) is 7.61. The lowest BCUT2D eigenvalue weighted by atomic mass is 10.2. The van der Waals surface area contributed by atoms with E-state index in [0.717, 1.165) is 102 Å². The van der Waals surface area contributed by atoms with Gasteiger partial charge in [0.05, 0.1) is 5.69 Å². The molecule has 0 spiro atoms. The molecule has 0 saturated carbocycles. The molecule has 5 nitrogen and oxygen atoms in total. The van der Waals surface area contributed by atoms with E-state index in [1.807, 2.05) is 12.1 Å². The fourth-order valence-electron chi connectivity index (χ4n) is 3.02. The Bertz CT molecular complexity index is 497. The molecule has 5 heteroatoms. The molecule has 1 aromatic carbocycles. The molecule has 168 valence electrons. The number of ether oxygens (including phenoxy) is 2. The van der Waals surface area contributed by atoms with Crippen molar-refractivity contribution in [2.24, 2.45) is 0 Å². The summed E-state index contributed by atoms with van der Waals surface area (Å²) in [7, 11) is 0. The molecule has 1 aromatic rings. The van der Waals surface area contributed by atoms with E-state index in [0.29, 0.717) is 5.75 Å². The third kappa shape index (κ3) is 13.4. The van der Waals surface area contributed by atoms with Crippen molar-refractivity contribution in [3.05, 3.63) is 18.2 Å². The Morgan fingerprint density at radius 1 is 0.690 bits per heavy atom. The van der Waals surface area contributed by atoms with Crippen LogP contribution in [0.15, 0.2) is 18.2 Å². The van der Waals surface area contributed by atoms with Gasteiger partial charge in [-0.3, -0.25) is 0 Å². The van der Waals surface area contributed by atoms with Gasteiger partial charge in [0.2, 0.25) is 0 Å². The van der Waals surface area contributed by atoms with Gasteiger partial charge in [0, 0.05) is 39.5 Å². The molecule has 0 unspecified atom stereocenters. The van der Waals surface area contributed by atoms with Gasteiger partial charge in [0.15, 0.2) is 0 Å². The van der Waals surface area contributed by atoms with Crippen LogP contribution in [0.4, 0.5) is 11.4 Å². The minimum Gasteiger partial charge on any atom is -0.506 e. The van der Waals surface area contributed by atoms with E-state index >= 15 is 0 Å². The monoisotopic (exact) mass is 408 g/mol. The first-order valence-electron chi connectivity index (χ1n) is 11.7. The first-order chi connectivity index (χ1) is 14.3. The number of aromatic hydroxyl groups is 1. The van der Waals surface area contributed by atoms with Crippen LogP contribution in [0.5, 0.6) is 5.75 Å². The SMILES string of the molecule is CCCCOCCCCCNc1cccc(O)c1NCCCCCOCCCC. The van der Waals surface area contributed by atoms with Crippen LogP contribution in [0.3, 0.4) is 0 Å². The zero-order valence-electron chi connectivity index (χ0n) is 18.8. The Morgan fingerprint density at radius 3 is 1.83 bits per heavy atom. The minimum absolute atomic E-state index is 0.308. The molecular formula is C24H44N2O3. The molecule has 0 aliphatic rings. The third-order valence-electron chi connectivity index (χ3n) is 4.88. The Hall–Kier alpha value is -1.46. The number of hydrogen-bond donors (Lipinski definition) is 3.